The summed E-state index contributed by atoms with van der Waals surface area (Å²) in [6.07, 6.45) is 24.8. The Balaban J connectivity index is 0.000000506. The van der Waals surface area contributed by atoms with Crippen LogP contribution in [0.5, 0.6) is 0 Å². The van der Waals surface area contributed by atoms with Crippen LogP contribution in [0.2, 0.25) is 0 Å². The van der Waals surface area contributed by atoms with E-state index in [9.17, 15) is 4.79 Å². The van der Waals surface area contributed by atoms with Crippen molar-refractivity contribution in [2.75, 3.05) is 13.1 Å². The summed E-state index contributed by atoms with van der Waals surface area (Å²) in [7, 11) is 0. The van der Waals surface area contributed by atoms with Gasteiger partial charge in [0.15, 0.2) is 5.76 Å². The van der Waals surface area contributed by atoms with E-state index in [1.165, 1.54) is 83.5 Å². The molecular formula is C29H51N5O2S. The molecule has 0 spiro atoms. The molecule has 37 heavy (non-hydrogen) atoms. The molecule has 1 aromatic heterocycles. The van der Waals surface area contributed by atoms with Crippen LogP contribution in [0.4, 0.5) is 0 Å². The summed E-state index contributed by atoms with van der Waals surface area (Å²) in [5.41, 5.74) is 12.0. The van der Waals surface area contributed by atoms with Gasteiger partial charge in [-0.05, 0) is 50.2 Å². The van der Waals surface area contributed by atoms with Crippen molar-refractivity contribution >= 4 is 35.2 Å². The molecule has 0 radical (unpaired) electrons. The third-order valence-corrected chi connectivity index (χ3v) is 6.62. The second kappa shape index (κ2) is 23.2. The Morgan fingerprint density at radius 3 is 2.03 bits per heavy atom. The highest BCUT2D eigenvalue weighted by atomic mass is 32.1. The molecule has 5 N–H and O–H groups in total. The average molecular weight is 534 g/mol. The smallest absolute Gasteiger partial charge is 0.236 e. The number of aliphatic imine (C=N–C) groups is 2. The highest BCUT2D eigenvalue weighted by molar-refractivity contribution is 7.80. The molecule has 1 aliphatic heterocycles. The lowest BCUT2D eigenvalue weighted by Gasteiger charge is -2.11. The van der Waals surface area contributed by atoms with Crippen LogP contribution >= 0.6 is 12.2 Å². The fraction of sp³-hybridized carbons (Fsp3) is 0.724. The lowest BCUT2D eigenvalue weighted by atomic mass is 10.0. The second-order valence-electron chi connectivity index (χ2n) is 9.79. The van der Waals surface area contributed by atoms with E-state index in [-0.39, 0.29) is 11.9 Å². The zero-order valence-corrected chi connectivity index (χ0v) is 23.9. The van der Waals surface area contributed by atoms with E-state index in [0.29, 0.717) is 23.1 Å². The number of rotatable bonds is 21. The molecule has 2 heterocycles. The normalized spacial score (nSPS) is 13.3. The van der Waals surface area contributed by atoms with Gasteiger partial charge in [-0.3, -0.25) is 4.79 Å². The molecule has 0 aromatic carbocycles. The Hall–Kier alpha value is -1.90. The topological polar surface area (TPSA) is 119 Å². The number of thiocarbonyl (C=S) groups is 1. The molecule has 8 heteroatoms. The number of furan rings is 1. The van der Waals surface area contributed by atoms with Crippen LogP contribution in [0.3, 0.4) is 0 Å². The van der Waals surface area contributed by atoms with E-state index in [1.807, 2.05) is 6.07 Å². The van der Waals surface area contributed by atoms with Crippen molar-refractivity contribution in [2.24, 2.45) is 21.5 Å². The van der Waals surface area contributed by atoms with Crippen LogP contribution in [-0.4, -0.2) is 42.1 Å². The molecule has 0 fully saturated rings. The number of hydrogen-bond acceptors (Lipinski definition) is 5. The first-order valence-corrected chi connectivity index (χ1v) is 14.9. The highest BCUT2D eigenvalue weighted by Crippen LogP contribution is 2.13. The van der Waals surface area contributed by atoms with E-state index in [4.69, 9.17) is 28.1 Å². The number of nitrogens with two attached hydrogens (primary N) is 2. The second-order valence-corrected chi connectivity index (χ2v) is 10.2. The van der Waals surface area contributed by atoms with Crippen molar-refractivity contribution in [3.05, 3.63) is 24.2 Å². The van der Waals surface area contributed by atoms with Gasteiger partial charge >= 0.3 is 0 Å². The Labute approximate surface area is 230 Å². The standard InChI is InChI=1S/C22H47N3O.C7H4N2OS/c1-2-3-4-5-6-7-8-9-10-11-12-13-14-17-20-25-22(26)21(24)18-15-16-19-23;11-7-8-4-5(9-7)6-2-1-3-10-6/h21H,2-20,23-24H2,1H3,(H,25,26);1-4H/t21-;/m0./s1. The largest absolute Gasteiger partial charge is 0.463 e. The van der Waals surface area contributed by atoms with Crippen LogP contribution in [0.25, 0.3) is 0 Å². The van der Waals surface area contributed by atoms with Crippen molar-refractivity contribution in [3.8, 4) is 0 Å². The van der Waals surface area contributed by atoms with Gasteiger partial charge in [0.05, 0.1) is 18.5 Å². The minimum absolute atomic E-state index is 0.00304. The Morgan fingerprint density at radius 2 is 1.54 bits per heavy atom. The molecule has 2 rings (SSSR count). The number of carbonyl (C=O) groups is 1. The lowest BCUT2D eigenvalue weighted by molar-refractivity contribution is -0.122. The van der Waals surface area contributed by atoms with Crippen molar-refractivity contribution < 1.29 is 9.21 Å². The summed E-state index contributed by atoms with van der Waals surface area (Å²) in [6.45, 7) is 3.71. The molecule has 1 atom stereocenters. The fourth-order valence-corrected chi connectivity index (χ4v) is 4.27. The maximum Gasteiger partial charge on any atom is 0.236 e. The van der Waals surface area contributed by atoms with Crippen LogP contribution in [0, 0.1) is 0 Å². The van der Waals surface area contributed by atoms with E-state index >= 15 is 0 Å². The monoisotopic (exact) mass is 533 g/mol. The summed E-state index contributed by atoms with van der Waals surface area (Å²) in [5, 5.41) is 3.32. The van der Waals surface area contributed by atoms with Crippen molar-refractivity contribution in [1.29, 1.82) is 0 Å². The van der Waals surface area contributed by atoms with E-state index in [0.717, 1.165) is 32.2 Å². The predicted molar refractivity (Wildman–Crippen MR) is 161 cm³/mol. The first-order valence-electron chi connectivity index (χ1n) is 14.5. The number of nitrogens with one attached hydrogen (secondary N) is 1. The number of hydrogen-bond donors (Lipinski definition) is 3. The van der Waals surface area contributed by atoms with E-state index in [1.54, 1.807) is 18.5 Å². The zero-order valence-electron chi connectivity index (χ0n) is 23.1. The van der Waals surface area contributed by atoms with Gasteiger partial charge in [-0.15, -0.1) is 0 Å². The van der Waals surface area contributed by atoms with Crippen molar-refractivity contribution in [1.82, 2.24) is 5.32 Å². The molecule has 1 aromatic rings. The minimum Gasteiger partial charge on any atom is -0.463 e. The Bertz CT molecular complexity index is 764. The first kappa shape index (κ1) is 33.1. The molecule has 0 saturated heterocycles. The Kier molecular flexibility index (Phi) is 20.8. The molecule has 0 bridgehead atoms. The maximum absolute atomic E-state index is 11.8. The summed E-state index contributed by atoms with van der Waals surface area (Å²) < 4.78 is 5.08. The number of carbonyl (C=O) groups excluding carboxylic acids is 1. The highest BCUT2D eigenvalue weighted by Gasteiger charge is 2.11. The zero-order chi connectivity index (χ0) is 27.0. The van der Waals surface area contributed by atoms with Gasteiger partial charge in [-0.2, -0.15) is 0 Å². The van der Waals surface area contributed by atoms with Crippen molar-refractivity contribution in [3.63, 3.8) is 0 Å². The first-order chi connectivity index (χ1) is 18.1. The number of amides is 1. The molecule has 0 saturated carbocycles. The third kappa shape index (κ3) is 18.1. The van der Waals surface area contributed by atoms with Gasteiger partial charge in [-0.1, -0.05) is 96.8 Å². The van der Waals surface area contributed by atoms with Gasteiger partial charge in [0.25, 0.3) is 0 Å². The molecule has 1 amide bonds. The van der Waals surface area contributed by atoms with Gasteiger partial charge in [-0.25, -0.2) is 9.98 Å². The summed E-state index contributed by atoms with van der Waals surface area (Å²) >= 11 is 4.74. The van der Waals surface area contributed by atoms with Crippen LogP contribution < -0.4 is 16.8 Å². The van der Waals surface area contributed by atoms with Gasteiger partial charge in [0.2, 0.25) is 11.0 Å². The molecule has 7 nitrogen and oxygen atoms in total. The summed E-state index contributed by atoms with van der Waals surface area (Å²) in [6, 6.07) is 3.25. The predicted octanol–water partition coefficient (Wildman–Crippen LogP) is 6.48. The van der Waals surface area contributed by atoms with Crippen LogP contribution in [0.1, 0.15) is 122 Å². The lowest BCUT2D eigenvalue weighted by Crippen LogP contribution is -2.40. The average Bonchev–Trinajstić information content (AvgIpc) is 3.58. The fourth-order valence-electron chi connectivity index (χ4n) is 4.12. The Morgan fingerprint density at radius 1 is 0.946 bits per heavy atom. The maximum atomic E-state index is 11.8. The minimum atomic E-state index is -0.367. The third-order valence-electron chi connectivity index (χ3n) is 6.42. The quantitative estimate of drug-likeness (QED) is 0.123. The van der Waals surface area contributed by atoms with Gasteiger partial charge < -0.3 is 21.2 Å². The SMILES string of the molecule is CCCCCCCCCCCCCCCCNC(=O)[C@@H](N)CCCCN.S=C1N=CC(c2ccco2)=N1. The van der Waals surface area contributed by atoms with E-state index in [2.05, 4.69) is 22.2 Å². The summed E-state index contributed by atoms with van der Waals surface area (Å²) in [4.78, 5) is 19.6. The molecule has 0 aliphatic carbocycles. The van der Waals surface area contributed by atoms with Gasteiger partial charge in [0, 0.05) is 6.54 Å². The van der Waals surface area contributed by atoms with Crippen LogP contribution in [0.15, 0.2) is 32.8 Å². The molecule has 0 unspecified atom stereocenters. The summed E-state index contributed by atoms with van der Waals surface area (Å²) in [5.74, 6) is 0.699. The van der Waals surface area contributed by atoms with E-state index < -0.39 is 0 Å². The molecule has 1 aliphatic rings. The number of nitrogens with zero attached hydrogens (tertiary/aromatic N) is 2. The van der Waals surface area contributed by atoms with Crippen molar-refractivity contribution in [2.45, 2.75) is 122 Å². The number of unbranched alkanes of at least 4 members (excludes halogenated alkanes) is 14. The molecular weight excluding hydrogens is 482 g/mol. The van der Waals surface area contributed by atoms with Crippen LogP contribution in [-0.2, 0) is 4.79 Å². The van der Waals surface area contributed by atoms with Gasteiger partial charge in [0.1, 0.15) is 5.71 Å². The molecule has 210 valence electrons.